The summed E-state index contributed by atoms with van der Waals surface area (Å²) < 4.78 is 2.22. The zero-order chi connectivity index (χ0) is 18.4. The molecule has 3 rings (SSSR count). The number of benzene rings is 1. The fourth-order valence-corrected chi connectivity index (χ4v) is 4.27. The highest BCUT2D eigenvalue weighted by Gasteiger charge is 2.22. The van der Waals surface area contributed by atoms with Crippen LogP contribution >= 0.6 is 11.8 Å². The van der Waals surface area contributed by atoms with Gasteiger partial charge in [-0.3, -0.25) is 9.36 Å². The second kappa shape index (κ2) is 8.91. The minimum atomic E-state index is 0.0633. The van der Waals surface area contributed by atoms with Crippen LogP contribution in [-0.4, -0.2) is 39.2 Å². The average molecular weight is 369 g/mol. The number of carbonyl (C=O) groups is 1. The fraction of sp³-hybridized carbons (Fsp3) is 0.450. The zero-order valence-corrected chi connectivity index (χ0v) is 16.0. The number of nitrogens with zero attached hydrogens (tertiary/aromatic N) is 4. The van der Waals surface area contributed by atoms with Gasteiger partial charge in [0, 0.05) is 24.5 Å². The highest BCUT2D eigenvalue weighted by molar-refractivity contribution is 7.99. The largest absolute Gasteiger partial charge is 0.341 e. The summed E-state index contributed by atoms with van der Waals surface area (Å²) in [6.07, 6.45) is 4.79. The first-order valence-electron chi connectivity index (χ1n) is 9.18. The lowest BCUT2D eigenvalue weighted by Crippen LogP contribution is -2.33. The summed E-state index contributed by atoms with van der Waals surface area (Å²) in [4.78, 5) is 19.1. The van der Waals surface area contributed by atoms with Crippen LogP contribution in [0, 0.1) is 11.3 Å². The molecule has 1 aromatic carbocycles. The standard InChI is InChI=1S/C20H24N4OS/c1-2-23(14-8-13-21)19(25)15-26-20-22-17-11-6-7-12-18(17)24(20)16-9-4-3-5-10-16/h3-5,9-10H,2,6-8,11-12,14-15H2,1H3. The molecule has 5 nitrogen and oxygen atoms in total. The number of carbonyl (C=O) groups excluding carboxylic acids is 1. The van der Waals surface area contributed by atoms with Crippen molar-refractivity contribution in [2.45, 2.75) is 44.2 Å². The quantitative estimate of drug-likeness (QED) is 0.701. The first-order valence-corrected chi connectivity index (χ1v) is 10.2. The Morgan fingerprint density at radius 3 is 2.81 bits per heavy atom. The predicted octanol–water partition coefficient (Wildman–Crippen LogP) is 3.61. The number of aromatic nitrogens is 2. The van der Waals surface area contributed by atoms with Gasteiger partial charge in [0.05, 0.1) is 23.9 Å². The second-order valence-corrected chi connectivity index (χ2v) is 7.28. The second-order valence-electron chi connectivity index (χ2n) is 6.34. The molecular weight excluding hydrogens is 344 g/mol. The van der Waals surface area contributed by atoms with Crippen molar-refractivity contribution in [1.29, 1.82) is 5.26 Å². The number of para-hydroxylation sites is 1. The van der Waals surface area contributed by atoms with E-state index in [0.717, 1.165) is 23.7 Å². The van der Waals surface area contributed by atoms with E-state index in [1.807, 2.05) is 25.1 Å². The first kappa shape index (κ1) is 18.5. The maximum absolute atomic E-state index is 12.5. The predicted molar refractivity (Wildman–Crippen MR) is 103 cm³/mol. The summed E-state index contributed by atoms with van der Waals surface area (Å²) in [7, 11) is 0. The molecule has 1 amide bonds. The van der Waals surface area contributed by atoms with Gasteiger partial charge < -0.3 is 4.90 Å². The summed E-state index contributed by atoms with van der Waals surface area (Å²) in [5.41, 5.74) is 3.57. The topological polar surface area (TPSA) is 61.9 Å². The fourth-order valence-electron chi connectivity index (χ4n) is 3.32. The maximum Gasteiger partial charge on any atom is 0.233 e. The molecule has 0 N–H and O–H groups in total. The van der Waals surface area contributed by atoms with Crippen LogP contribution in [0.2, 0.25) is 0 Å². The van der Waals surface area contributed by atoms with Crippen LogP contribution in [0.3, 0.4) is 0 Å². The van der Waals surface area contributed by atoms with Crippen molar-refractivity contribution in [2.75, 3.05) is 18.8 Å². The lowest BCUT2D eigenvalue weighted by Gasteiger charge is -2.19. The summed E-state index contributed by atoms with van der Waals surface area (Å²) in [6.45, 7) is 3.07. The SMILES string of the molecule is CCN(CCC#N)C(=O)CSc1nc2c(n1-c1ccccc1)CCCC2. The third-order valence-electron chi connectivity index (χ3n) is 4.67. The van der Waals surface area contributed by atoms with Crippen LogP contribution in [0.25, 0.3) is 5.69 Å². The summed E-state index contributed by atoms with van der Waals surface area (Å²) >= 11 is 1.50. The van der Waals surface area contributed by atoms with Gasteiger partial charge >= 0.3 is 0 Å². The summed E-state index contributed by atoms with van der Waals surface area (Å²) in [5.74, 6) is 0.412. The monoisotopic (exact) mass is 368 g/mol. The maximum atomic E-state index is 12.5. The minimum absolute atomic E-state index is 0.0633. The van der Waals surface area contributed by atoms with E-state index >= 15 is 0 Å². The number of fused-ring (bicyclic) bond motifs is 1. The van der Waals surface area contributed by atoms with Crippen molar-refractivity contribution in [1.82, 2.24) is 14.5 Å². The molecule has 0 saturated carbocycles. The van der Waals surface area contributed by atoms with Crippen LogP contribution in [-0.2, 0) is 17.6 Å². The molecule has 0 saturated heterocycles. The van der Waals surface area contributed by atoms with Crippen molar-refractivity contribution in [3.8, 4) is 11.8 Å². The van der Waals surface area contributed by atoms with Crippen LogP contribution in [0.1, 0.15) is 37.6 Å². The smallest absolute Gasteiger partial charge is 0.233 e. The van der Waals surface area contributed by atoms with E-state index in [4.69, 9.17) is 10.2 Å². The Labute approximate surface area is 159 Å². The number of nitriles is 1. The van der Waals surface area contributed by atoms with Crippen LogP contribution in [0.5, 0.6) is 0 Å². The van der Waals surface area contributed by atoms with Crippen molar-refractivity contribution in [3.05, 3.63) is 41.7 Å². The molecule has 1 aliphatic rings. The molecule has 0 unspecified atom stereocenters. The molecule has 1 aliphatic carbocycles. The van der Waals surface area contributed by atoms with Gasteiger partial charge in [0.1, 0.15) is 0 Å². The summed E-state index contributed by atoms with van der Waals surface area (Å²) in [6, 6.07) is 12.4. The van der Waals surface area contributed by atoms with Gasteiger partial charge in [0.15, 0.2) is 5.16 Å². The van der Waals surface area contributed by atoms with E-state index < -0.39 is 0 Å². The molecule has 0 atom stereocenters. The molecule has 0 aliphatic heterocycles. The molecule has 2 aromatic rings. The number of hydrogen-bond acceptors (Lipinski definition) is 4. The van der Waals surface area contributed by atoms with Gasteiger partial charge in [-0.25, -0.2) is 4.98 Å². The third-order valence-corrected chi connectivity index (χ3v) is 5.59. The Morgan fingerprint density at radius 1 is 1.31 bits per heavy atom. The Bertz CT molecular complexity index is 794. The molecule has 1 aromatic heterocycles. The van der Waals surface area contributed by atoms with E-state index in [1.165, 1.54) is 36.0 Å². The van der Waals surface area contributed by atoms with Gasteiger partial charge in [0.2, 0.25) is 5.91 Å². The average Bonchev–Trinajstić information content (AvgIpc) is 3.06. The molecule has 26 heavy (non-hydrogen) atoms. The van der Waals surface area contributed by atoms with Crippen molar-refractivity contribution >= 4 is 17.7 Å². The van der Waals surface area contributed by atoms with Gasteiger partial charge in [-0.05, 0) is 44.7 Å². The van der Waals surface area contributed by atoms with Gasteiger partial charge in [0.25, 0.3) is 0 Å². The van der Waals surface area contributed by atoms with E-state index in [9.17, 15) is 4.79 Å². The Morgan fingerprint density at radius 2 is 2.08 bits per heavy atom. The number of amides is 1. The molecule has 1 heterocycles. The molecule has 0 radical (unpaired) electrons. The van der Waals surface area contributed by atoms with E-state index in [2.05, 4.69) is 22.8 Å². The first-order chi connectivity index (χ1) is 12.7. The molecule has 136 valence electrons. The summed E-state index contributed by atoms with van der Waals surface area (Å²) in [5, 5.41) is 9.65. The van der Waals surface area contributed by atoms with E-state index in [-0.39, 0.29) is 5.91 Å². The van der Waals surface area contributed by atoms with Crippen LogP contribution < -0.4 is 0 Å². The number of rotatable bonds is 7. The Balaban J connectivity index is 1.81. The van der Waals surface area contributed by atoms with Crippen molar-refractivity contribution in [3.63, 3.8) is 0 Å². The van der Waals surface area contributed by atoms with Gasteiger partial charge in [-0.1, -0.05) is 30.0 Å². The van der Waals surface area contributed by atoms with E-state index in [1.54, 1.807) is 4.90 Å². The molecule has 0 bridgehead atoms. The number of thioether (sulfide) groups is 1. The van der Waals surface area contributed by atoms with E-state index in [0.29, 0.717) is 25.3 Å². The normalized spacial score (nSPS) is 13.1. The Hall–Kier alpha value is -2.26. The minimum Gasteiger partial charge on any atom is -0.341 e. The zero-order valence-electron chi connectivity index (χ0n) is 15.1. The molecular formula is C20H24N4OS. The number of hydrogen-bond donors (Lipinski definition) is 0. The highest BCUT2D eigenvalue weighted by Crippen LogP contribution is 2.30. The number of imidazole rings is 1. The van der Waals surface area contributed by atoms with Gasteiger partial charge in [-0.2, -0.15) is 5.26 Å². The Kier molecular flexibility index (Phi) is 6.35. The van der Waals surface area contributed by atoms with Crippen LogP contribution in [0.15, 0.2) is 35.5 Å². The van der Waals surface area contributed by atoms with Crippen molar-refractivity contribution < 1.29 is 4.79 Å². The third kappa shape index (κ3) is 4.10. The molecule has 6 heteroatoms. The highest BCUT2D eigenvalue weighted by atomic mass is 32.2. The van der Waals surface area contributed by atoms with Crippen LogP contribution in [0.4, 0.5) is 0 Å². The molecule has 0 spiro atoms. The van der Waals surface area contributed by atoms with Crippen molar-refractivity contribution in [2.24, 2.45) is 0 Å². The molecule has 0 fully saturated rings. The lowest BCUT2D eigenvalue weighted by molar-refractivity contribution is -0.128. The van der Waals surface area contributed by atoms with Gasteiger partial charge in [-0.15, -0.1) is 0 Å². The lowest BCUT2D eigenvalue weighted by atomic mass is 10.0. The number of aryl methyl sites for hydroxylation is 1.